The Labute approximate surface area is 173 Å². The molecule has 3 aromatic carbocycles. The first-order valence-corrected chi connectivity index (χ1v) is 9.97. The lowest BCUT2D eigenvalue weighted by molar-refractivity contribution is 0.623. The molecule has 0 spiro atoms. The van der Waals surface area contributed by atoms with Gasteiger partial charge in [-0.15, -0.1) is 0 Å². The molecule has 0 unspecified atom stereocenters. The van der Waals surface area contributed by atoms with Gasteiger partial charge in [0.2, 0.25) is 0 Å². The number of rotatable bonds is 4. The third-order valence-corrected chi connectivity index (χ3v) is 5.43. The van der Waals surface area contributed by atoms with Gasteiger partial charge < -0.3 is 10.3 Å². The highest BCUT2D eigenvalue weighted by Gasteiger charge is 2.16. The van der Waals surface area contributed by atoms with E-state index >= 15 is 0 Å². The summed E-state index contributed by atoms with van der Waals surface area (Å²) >= 11 is 0. The van der Waals surface area contributed by atoms with Crippen LogP contribution < -0.4 is 15.9 Å². The maximum atomic E-state index is 14.7. The maximum Gasteiger partial charge on any atom is 0.132 e. The molecule has 1 aliphatic rings. The van der Waals surface area contributed by atoms with E-state index in [0.717, 1.165) is 38.6 Å². The largest absolute Gasteiger partial charge is 0.374 e. The van der Waals surface area contributed by atoms with Gasteiger partial charge in [0.05, 0.1) is 17.6 Å². The van der Waals surface area contributed by atoms with E-state index in [1.54, 1.807) is 12.1 Å². The molecule has 5 rings (SSSR count). The van der Waals surface area contributed by atoms with Crippen LogP contribution in [-0.4, -0.2) is 24.3 Å². The highest BCUT2D eigenvalue weighted by Crippen LogP contribution is 2.27. The average molecular weight is 396 g/mol. The Morgan fingerprint density at radius 2 is 1.73 bits per heavy atom. The summed E-state index contributed by atoms with van der Waals surface area (Å²) in [5, 5.41) is 6.09. The fraction of sp³-hybridized carbons (Fsp3) is 0.120. The van der Waals surface area contributed by atoms with Crippen molar-refractivity contribution in [3.05, 3.63) is 100 Å². The predicted molar refractivity (Wildman–Crippen MR) is 120 cm³/mol. The number of aliphatic imine (C=N–C) groups is 1. The third kappa shape index (κ3) is 3.18. The van der Waals surface area contributed by atoms with Crippen LogP contribution in [0.25, 0.3) is 16.6 Å². The van der Waals surface area contributed by atoms with E-state index in [2.05, 4.69) is 22.4 Å². The molecule has 0 amide bonds. The summed E-state index contributed by atoms with van der Waals surface area (Å²) in [7, 11) is 1.90. The minimum atomic E-state index is -0.282. The number of benzene rings is 3. The number of nitrogens with one attached hydrogen (secondary N) is 2. The van der Waals surface area contributed by atoms with Gasteiger partial charge in [-0.25, -0.2) is 4.39 Å². The van der Waals surface area contributed by atoms with Crippen LogP contribution in [0.5, 0.6) is 0 Å². The fourth-order valence-electron chi connectivity index (χ4n) is 4.00. The highest BCUT2D eigenvalue weighted by molar-refractivity contribution is 5.99. The van der Waals surface area contributed by atoms with Crippen LogP contribution in [0, 0.1) is 5.82 Å². The molecule has 0 saturated heterocycles. The quantitative estimate of drug-likeness (QED) is 0.541. The molecule has 0 saturated carbocycles. The Morgan fingerprint density at radius 3 is 2.60 bits per heavy atom. The molecule has 1 aliphatic heterocycles. The second kappa shape index (κ2) is 7.59. The lowest BCUT2D eigenvalue weighted by Crippen LogP contribution is -2.26. The van der Waals surface area contributed by atoms with Crippen molar-refractivity contribution in [3.8, 4) is 0 Å². The van der Waals surface area contributed by atoms with Crippen LogP contribution in [0.2, 0.25) is 0 Å². The summed E-state index contributed by atoms with van der Waals surface area (Å²) in [4.78, 5) is 13.2. The molecule has 0 radical (unpaired) electrons. The molecule has 0 aliphatic carbocycles. The smallest absolute Gasteiger partial charge is 0.132 e. The molecule has 2 N–H and O–H groups in total. The zero-order chi connectivity index (χ0) is 20.5. The number of aromatic nitrogens is 1. The number of anilines is 1. The van der Waals surface area contributed by atoms with Crippen LogP contribution in [-0.2, 0) is 6.42 Å². The number of H-pyrrole nitrogens is 1. The molecular formula is C25H21FN4. The highest BCUT2D eigenvalue weighted by atomic mass is 19.1. The maximum absolute atomic E-state index is 14.7. The van der Waals surface area contributed by atoms with E-state index in [1.165, 1.54) is 6.07 Å². The second-order valence-electron chi connectivity index (χ2n) is 7.29. The van der Waals surface area contributed by atoms with Crippen molar-refractivity contribution in [2.45, 2.75) is 6.42 Å². The zero-order valence-corrected chi connectivity index (χ0v) is 16.6. The van der Waals surface area contributed by atoms with Crippen LogP contribution in [0.3, 0.4) is 0 Å². The van der Waals surface area contributed by atoms with Gasteiger partial charge in [-0.1, -0.05) is 48.5 Å². The monoisotopic (exact) mass is 396 g/mol. The summed E-state index contributed by atoms with van der Waals surface area (Å²) in [5.41, 5.74) is 4.23. The van der Waals surface area contributed by atoms with E-state index in [0.29, 0.717) is 24.2 Å². The topological polar surface area (TPSA) is 52.5 Å². The number of fused-ring (bicyclic) bond motifs is 2. The minimum Gasteiger partial charge on any atom is -0.374 e. The Morgan fingerprint density at radius 1 is 0.967 bits per heavy atom. The Bertz CT molecular complexity index is 1400. The number of hydrogen-bond acceptors (Lipinski definition) is 3. The van der Waals surface area contributed by atoms with Gasteiger partial charge in [0.25, 0.3) is 0 Å². The van der Waals surface area contributed by atoms with Crippen molar-refractivity contribution in [1.29, 1.82) is 0 Å². The van der Waals surface area contributed by atoms with E-state index in [4.69, 9.17) is 9.98 Å². The first-order valence-electron chi connectivity index (χ1n) is 9.97. The molecule has 0 fully saturated rings. The number of nitrogens with zero attached hydrogens (tertiary/aromatic N) is 2. The van der Waals surface area contributed by atoms with Gasteiger partial charge in [-0.2, -0.15) is 0 Å². The minimum absolute atomic E-state index is 0.282. The Kier molecular flexibility index (Phi) is 4.64. The van der Waals surface area contributed by atoms with Gasteiger partial charge in [0.1, 0.15) is 11.6 Å². The zero-order valence-electron chi connectivity index (χ0n) is 16.6. The standard InChI is InChI=1S/C25H21FN4/c1-27-25-20(17-8-3-7-13-23(17)30-25)14-16-15-28-22-12-6-4-10-19(22)24(29-16)18-9-2-5-11-21(18)26/h2-13,27,30H,14-15H2,1H3. The number of halogens is 1. The van der Waals surface area contributed by atoms with E-state index < -0.39 is 0 Å². The summed E-state index contributed by atoms with van der Waals surface area (Å²) < 4.78 is 14.7. The molecule has 0 atom stereocenters. The average Bonchev–Trinajstić information content (AvgIpc) is 3.03. The SMILES string of the molecule is CNc1[nH]c2ccccc2c1CC1=NC(c2ccccc2F)=c2ccccc2=NC1. The Balaban J connectivity index is 1.69. The predicted octanol–water partition coefficient (Wildman–Crippen LogP) is 3.82. The first kappa shape index (κ1) is 18.3. The number of hydrogen-bond donors (Lipinski definition) is 2. The molecule has 30 heavy (non-hydrogen) atoms. The van der Waals surface area contributed by atoms with Gasteiger partial charge in [0, 0.05) is 46.4 Å². The molecule has 4 nitrogen and oxygen atoms in total. The van der Waals surface area contributed by atoms with Crippen molar-refractivity contribution < 1.29 is 4.39 Å². The molecule has 4 aromatic rings. The van der Waals surface area contributed by atoms with Gasteiger partial charge in [-0.05, 0) is 24.3 Å². The van der Waals surface area contributed by atoms with Crippen molar-refractivity contribution in [3.63, 3.8) is 0 Å². The first-order chi connectivity index (χ1) is 14.7. The number of aromatic amines is 1. The lowest BCUT2D eigenvalue weighted by atomic mass is 10.1. The third-order valence-electron chi connectivity index (χ3n) is 5.43. The lowest BCUT2D eigenvalue weighted by Gasteiger charge is -2.08. The van der Waals surface area contributed by atoms with Crippen molar-refractivity contribution in [2.24, 2.45) is 9.98 Å². The molecule has 0 bridgehead atoms. The van der Waals surface area contributed by atoms with Crippen LogP contribution in [0.1, 0.15) is 11.1 Å². The van der Waals surface area contributed by atoms with Crippen LogP contribution in [0.15, 0.2) is 82.8 Å². The molecular weight excluding hydrogens is 375 g/mol. The number of para-hydroxylation sites is 2. The van der Waals surface area contributed by atoms with E-state index in [9.17, 15) is 4.39 Å². The van der Waals surface area contributed by atoms with Crippen molar-refractivity contribution in [1.82, 2.24) is 4.98 Å². The summed E-state index contributed by atoms with van der Waals surface area (Å²) in [5.74, 6) is 0.684. The normalized spacial score (nSPS) is 13.4. The van der Waals surface area contributed by atoms with Crippen LogP contribution in [0.4, 0.5) is 10.2 Å². The van der Waals surface area contributed by atoms with Crippen molar-refractivity contribution >= 4 is 28.1 Å². The molecule has 1 aromatic heterocycles. The van der Waals surface area contributed by atoms with E-state index in [-0.39, 0.29) is 5.82 Å². The fourth-order valence-corrected chi connectivity index (χ4v) is 4.00. The summed E-state index contributed by atoms with van der Waals surface area (Å²) in [6, 6.07) is 22.8. The molecule has 2 heterocycles. The summed E-state index contributed by atoms with van der Waals surface area (Å²) in [6.45, 7) is 0.470. The van der Waals surface area contributed by atoms with Crippen molar-refractivity contribution in [2.75, 3.05) is 18.9 Å². The molecule has 5 heteroatoms. The van der Waals surface area contributed by atoms with Gasteiger partial charge in [-0.3, -0.25) is 9.98 Å². The van der Waals surface area contributed by atoms with E-state index in [1.807, 2.05) is 49.5 Å². The Hall–Kier alpha value is -3.73. The van der Waals surface area contributed by atoms with Crippen LogP contribution >= 0.6 is 0 Å². The molecule has 148 valence electrons. The van der Waals surface area contributed by atoms with Gasteiger partial charge in [0.15, 0.2) is 0 Å². The summed E-state index contributed by atoms with van der Waals surface area (Å²) in [6.07, 6.45) is 0.621. The second-order valence-corrected chi connectivity index (χ2v) is 7.29. The van der Waals surface area contributed by atoms with Gasteiger partial charge >= 0.3 is 0 Å².